The lowest BCUT2D eigenvalue weighted by Gasteiger charge is -2.25. The normalized spacial score (nSPS) is 23.7. The maximum absolute atomic E-state index is 12.9. The van der Waals surface area contributed by atoms with Crippen LogP contribution in [0.15, 0.2) is 18.5 Å². The first-order chi connectivity index (χ1) is 8.65. The summed E-state index contributed by atoms with van der Waals surface area (Å²) in [5.41, 5.74) is 0.282. The minimum atomic E-state index is -0.484. The Bertz CT molecular complexity index is 419. The topological polar surface area (TPSA) is 42.0 Å². The summed E-state index contributed by atoms with van der Waals surface area (Å²) < 4.78 is 12.9. The lowest BCUT2D eigenvalue weighted by molar-refractivity contribution is 0.0943. The number of carbonyl (C=O) groups is 1. The van der Waals surface area contributed by atoms with E-state index in [1.165, 1.54) is 12.3 Å². The van der Waals surface area contributed by atoms with Crippen LogP contribution in [0.5, 0.6) is 0 Å². The Hall–Kier alpha value is -0.970. The van der Waals surface area contributed by atoms with Gasteiger partial charge in [-0.1, -0.05) is 15.9 Å². The van der Waals surface area contributed by atoms with Crippen LogP contribution in [0, 0.1) is 11.7 Å². The van der Waals surface area contributed by atoms with Gasteiger partial charge in [-0.2, -0.15) is 0 Å². The molecule has 0 unspecified atom stereocenters. The molecular formula is C13H16BrFN2O. The first kappa shape index (κ1) is 13.5. The summed E-state index contributed by atoms with van der Waals surface area (Å²) in [6.07, 6.45) is 7.03. The van der Waals surface area contributed by atoms with Gasteiger partial charge in [0, 0.05) is 17.6 Å². The van der Waals surface area contributed by atoms with Gasteiger partial charge in [-0.05, 0) is 37.7 Å². The zero-order chi connectivity index (χ0) is 13.0. The van der Waals surface area contributed by atoms with Crippen LogP contribution in [0.1, 0.15) is 36.0 Å². The van der Waals surface area contributed by atoms with Crippen LogP contribution in [0.25, 0.3) is 0 Å². The number of hydrogen-bond acceptors (Lipinski definition) is 2. The Morgan fingerprint density at radius 1 is 1.39 bits per heavy atom. The van der Waals surface area contributed by atoms with E-state index in [4.69, 9.17) is 0 Å². The molecule has 1 amide bonds. The largest absolute Gasteiger partial charge is 0.352 e. The van der Waals surface area contributed by atoms with Crippen molar-refractivity contribution in [3.05, 3.63) is 29.8 Å². The number of alkyl halides is 1. The van der Waals surface area contributed by atoms with Crippen molar-refractivity contribution in [3.63, 3.8) is 0 Å². The average molecular weight is 315 g/mol. The highest BCUT2D eigenvalue weighted by molar-refractivity contribution is 9.09. The van der Waals surface area contributed by atoms with E-state index in [1.807, 2.05) is 0 Å². The van der Waals surface area contributed by atoms with Crippen LogP contribution in [-0.4, -0.2) is 22.3 Å². The first-order valence-corrected chi connectivity index (χ1v) is 7.09. The lowest BCUT2D eigenvalue weighted by Crippen LogP contribution is -2.31. The van der Waals surface area contributed by atoms with Gasteiger partial charge in [0.05, 0.1) is 11.8 Å². The molecule has 1 aromatic heterocycles. The van der Waals surface area contributed by atoms with Crippen molar-refractivity contribution < 1.29 is 9.18 Å². The number of rotatable bonds is 3. The number of halogens is 2. The Morgan fingerprint density at radius 3 is 2.78 bits per heavy atom. The van der Waals surface area contributed by atoms with Crippen LogP contribution >= 0.6 is 15.9 Å². The molecule has 1 aliphatic carbocycles. The zero-order valence-corrected chi connectivity index (χ0v) is 11.6. The van der Waals surface area contributed by atoms with Gasteiger partial charge in [-0.3, -0.25) is 9.78 Å². The number of carbonyl (C=O) groups excluding carboxylic acids is 1. The van der Waals surface area contributed by atoms with E-state index in [-0.39, 0.29) is 11.5 Å². The van der Waals surface area contributed by atoms with Crippen molar-refractivity contribution in [2.45, 2.75) is 30.5 Å². The summed E-state index contributed by atoms with van der Waals surface area (Å²) in [5, 5.41) is 2.85. The molecule has 1 aliphatic rings. The molecule has 1 saturated carbocycles. The molecule has 0 aliphatic heterocycles. The third kappa shape index (κ3) is 3.77. The predicted octanol–water partition coefficient (Wildman–Crippen LogP) is 2.90. The highest BCUT2D eigenvalue weighted by Crippen LogP contribution is 2.28. The van der Waals surface area contributed by atoms with Crippen LogP contribution < -0.4 is 5.32 Å². The number of hydrogen-bond donors (Lipinski definition) is 1. The van der Waals surface area contributed by atoms with Gasteiger partial charge in [-0.25, -0.2) is 4.39 Å². The zero-order valence-electron chi connectivity index (χ0n) is 10.0. The van der Waals surface area contributed by atoms with Gasteiger partial charge in [0.2, 0.25) is 0 Å². The maximum Gasteiger partial charge on any atom is 0.252 e. The predicted molar refractivity (Wildman–Crippen MR) is 71.2 cm³/mol. The Kier molecular flexibility index (Phi) is 4.69. The standard InChI is InChI=1S/C13H16BrFN2O/c14-11-3-1-9(2-4-11)6-17-13(18)10-5-12(15)8-16-7-10/h5,7-9,11H,1-4,6H2,(H,17,18). The molecule has 0 spiro atoms. The maximum atomic E-state index is 12.9. The van der Waals surface area contributed by atoms with Crippen LogP contribution in [-0.2, 0) is 0 Å². The van der Waals surface area contributed by atoms with E-state index in [0.29, 0.717) is 17.3 Å². The van der Waals surface area contributed by atoms with Crippen molar-refractivity contribution in [2.24, 2.45) is 5.92 Å². The van der Waals surface area contributed by atoms with Gasteiger partial charge < -0.3 is 5.32 Å². The number of aromatic nitrogens is 1. The summed E-state index contributed by atoms with van der Waals surface area (Å²) in [4.78, 5) is 16.1. The Morgan fingerprint density at radius 2 is 2.11 bits per heavy atom. The van der Waals surface area contributed by atoms with E-state index >= 15 is 0 Å². The van der Waals surface area contributed by atoms with Crippen molar-refractivity contribution in [2.75, 3.05) is 6.54 Å². The number of amides is 1. The van der Waals surface area contributed by atoms with Crippen LogP contribution in [0.2, 0.25) is 0 Å². The Labute approximate surface area is 114 Å². The molecule has 2 rings (SSSR count). The van der Waals surface area contributed by atoms with Crippen molar-refractivity contribution >= 4 is 21.8 Å². The molecule has 1 fully saturated rings. The SMILES string of the molecule is O=C(NCC1CCC(Br)CC1)c1cncc(F)c1. The molecule has 5 heteroatoms. The summed E-state index contributed by atoms with van der Waals surface area (Å²) in [5.74, 6) is -0.199. The Balaban J connectivity index is 1.81. The molecule has 0 radical (unpaired) electrons. The highest BCUT2D eigenvalue weighted by Gasteiger charge is 2.19. The summed E-state index contributed by atoms with van der Waals surface area (Å²) in [6, 6.07) is 1.21. The number of pyridine rings is 1. The fraction of sp³-hybridized carbons (Fsp3) is 0.538. The van der Waals surface area contributed by atoms with Crippen LogP contribution in [0.4, 0.5) is 4.39 Å². The molecule has 0 saturated heterocycles. The monoisotopic (exact) mass is 314 g/mol. The molecule has 18 heavy (non-hydrogen) atoms. The van der Waals surface area contributed by atoms with Crippen LogP contribution in [0.3, 0.4) is 0 Å². The number of nitrogens with one attached hydrogen (secondary N) is 1. The van der Waals surface area contributed by atoms with E-state index in [9.17, 15) is 9.18 Å². The van der Waals surface area contributed by atoms with Gasteiger partial charge in [0.15, 0.2) is 0 Å². The van der Waals surface area contributed by atoms with Crippen molar-refractivity contribution in [1.29, 1.82) is 0 Å². The minimum Gasteiger partial charge on any atom is -0.352 e. The van der Waals surface area contributed by atoms with Gasteiger partial charge in [-0.15, -0.1) is 0 Å². The molecule has 0 atom stereocenters. The molecule has 98 valence electrons. The minimum absolute atomic E-state index is 0.247. The molecule has 3 nitrogen and oxygen atoms in total. The summed E-state index contributed by atoms with van der Waals surface area (Å²) in [6.45, 7) is 0.662. The fourth-order valence-electron chi connectivity index (χ4n) is 2.20. The number of nitrogens with zero attached hydrogens (tertiary/aromatic N) is 1. The summed E-state index contributed by atoms with van der Waals surface area (Å²) >= 11 is 3.60. The fourth-order valence-corrected chi connectivity index (χ4v) is 2.73. The van der Waals surface area contributed by atoms with Crippen molar-refractivity contribution in [3.8, 4) is 0 Å². The second-order valence-corrected chi connectivity index (χ2v) is 6.01. The second kappa shape index (κ2) is 6.27. The molecule has 1 heterocycles. The van der Waals surface area contributed by atoms with Crippen molar-refractivity contribution in [1.82, 2.24) is 10.3 Å². The van der Waals surface area contributed by atoms with Gasteiger partial charge in [0.1, 0.15) is 5.82 Å². The molecular weight excluding hydrogens is 299 g/mol. The highest BCUT2D eigenvalue weighted by atomic mass is 79.9. The second-order valence-electron chi connectivity index (χ2n) is 4.72. The molecule has 1 N–H and O–H groups in total. The third-order valence-electron chi connectivity index (χ3n) is 3.29. The van der Waals surface area contributed by atoms with E-state index in [2.05, 4.69) is 26.2 Å². The van der Waals surface area contributed by atoms with E-state index < -0.39 is 5.82 Å². The van der Waals surface area contributed by atoms with E-state index in [1.54, 1.807) is 0 Å². The lowest BCUT2D eigenvalue weighted by atomic mass is 9.89. The van der Waals surface area contributed by atoms with Gasteiger partial charge >= 0.3 is 0 Å². The van der Waals surface area contributed by atoms with Gasteiger partial charge in [0.25, 0.3) is 5.91 Å². The van der Waals surface area contributed by atoms with E-state index in [0.717, 1.165) is 31.9 Å². The molecule has 0 aromatic carbocycles. The third-order valence-corrected chi connectivity index (χ3v) is 4.21. The quantitative estimate of drug-likeness (QED) is 0.872. The molecule has 0 bridgehead atoms. The summed E-state index contributed by atoms with van der Waals surface area (Å²) in [7, 11) is 0. The first-order valence-electron chi connectivity index (χ1n) is 6.18. The smallest absolute Gasteiger partial charge is 0.252 e. The average Bonchev–Trinajstić information content (AvgIpc) is 2.38. The molecule has 1 aromatic rings.